The molecule has 0 aromatic heterocycles. The lowest BCUT2D eigenvalue weighted by Gasteiger charge is -2.26. The number of rotatable bonds is 6. The van der Waals surface area contributed by atoms with Crippen LogP contribution in [-0.2, 0) is 11.3 Å². The fraction of sp³-hybridized carbons (Fsp3) is 0.533. The van der Waals surface area contributed by atoms with Gasteiger partial charge in [-0.15, -0.1) is 0 Å². The maximum atomic E-state index is 12.4. The average Bonchev–Trinajstić information content (AvgIpc) is 3.23. The molecule has 0 aliphatic heterocycles. The number of carbonyl (C=O) groups is 1. The smallest absolute Gasteiger partial charge is 0.227 e. The van der Waals surface area contributed by atoms with Gasteiger partial charge in [-0.05, 0) is 24.8 Å². The van der Waals surface area contributed by atoms with Crippen LogP contribution < -0.4 is 5.73 Å². The van der Waals surface area contributed by atoms with Gasteiger partial charge in [0.1, 0.15) is 0 Å². The predicted octanol–water partition coefficient (Wildman–Crippen LogP) is 2.16. The minimum Gasteiger partial charge on any atom is -0.335 e. The molecule has 0 spiro atoms. The van der Waals surface area contributed by atoms with E-state index < -0.39 is 0 Å². The monoisotopic (exact) mass is 246 g/mol. The van der Waals surface area contributed by atoms with Gasteiger partial charge in [0.15, 0.2) is 0 Å². The van der Waals surface area contributed by atoms with Crippen molar-refractivity contribution in [3.8, 4) is 0 Å². The highest BCUT2D eigenvalue weighted by Crippen LogP contribution is 2.30. The zero-order chi connectivity index (χ0) is 13.0. The summed E-state index contributed by atoms with van der Waals surface area (Å²) in [5, 5.41) is 0. The summed E-state index contributed by atoms with van der Waals surface area (Å²) < 4.78 is 0. The molecule has 1 aromatic rings. The van der Waals surface area contributed by atoms with Crippen LogP contribution in [0.1, 0.15) is 31.7 Å². The molecule has 1 unspecified atom stereocenters. The lowest BCUT2D eigenvalue weighted by Crippen LogP contribution is -2.39. The Balaban J connectivity index is 2.06. The quantitative estimate of drug-likeness (QED) is 0.836. The van der Waals surface area contributed by atoms with Gasteiger partial charge in [-0.25, -0.2) is 0 Å². The number of nitrogens with zero attached hydrogens (tertiary/aromatic N) is 1. The number of benzene rings is 1. The highest BCUT2D eigenvalue weighted by Gasteiger charge is 2.34. The van der Waals surface area contributed by atoms with Gasteiger partial charge in [0.05, 0.1) is 5.92 Å². The van der Waals surface area contributed by atoms with Gasteiger partial charge in [-0.2, -0.15) is 0 Å². The van der Waals surface area contributed by atoms with Gasteiger partial charge in [0, 0.05) is 19.1 Å². The minimum absolute atomic E-state index is 0.0192. The molecule has 1 saturated carbocycles. The topological polar surface area (TPSA) is 46.3 Å². The second kappa shape index (κ2) is 6.01. The third kappa shape index (κ3) is 3.10. The molecule has 2 rings (SSSR count). The Hall–Kier alpha value is -1.35. The number of hydrogen-bond donors (Lipinski definition) is 1. The lowest BCUT2D eigenvalue weighted by molar-refractivity contribution is -0.136. The normalized spacial score (nSPS) is 16.3. The number of amides is 1. The van der Waals surface area contributed by atoms with Gasteiger partial charge >= 0.3 is 0 Å². The van der Waals surface area contributed by atoms with E-state index in [1.165, 1.54) is 5.56 Å². The van der Waals surface area contributed by atoms with Crippen molar-refractivity contribution in [1.29, 1.82) is 0 Å². The summed E-state index contributed by atoms with van der Waals surface area (Å²) in [7, 11) is 0. The molecule has 1 aliphatic carbocycles. The fourth-order valence-corrected chi connectivity index (χ4v) is 2.23. The zero-order valence-corrected chi connectivity index (χ0v) is 11.0. The average molecular weight is 246 g/mol. The molecular weight excluding hydrogens is 224 g/mol. The molecule has 3 heteroatoms. The van der Waals surface area contributed by atoms with Gasteiger partial charge in [0.25, 0.3) is 0 Å². The van der Waals surface area contributed by atoms with E-state index in [0.29, 0.717) is 12.6 Å². The van der Waals surface area contributed by atoms with Crippen molar-refractivity contribution in [2.45, 2.75) is 38.8 Å². The summed E-state index contributed by atoms with van der Waals surface area (Å²) >= 11 is 0. The van der Waals surface area contributed by atoms with Crippen molar-refractivity contribution in [2.24, 2.45) is 11.7 Å². The molecule has 1 amide bonds. The van der Waals surface area contributed by atoms with Crippen LogP contribution in [-0.4, -0.2) is 23.4 Å². The molecule has 3 nitrogen and oxygen atoms in total. The SMILES string of the molecule is CCC(CN)C(=O)N(Cc1ccccc1)C1CC1. The summed E-state index contributed by atoms with van der Waals surface area (Å²) in [4.78, 5) is 14.5. The Kier molecular flexibility index (Phi) is 4.37. The third-order valence-corrected chi connectivity index (χ3v) is 3.59. The summed E-state index contributed by atoms with van der Waals surface area (Å²) in [5.41, 5.74) is 6.89. The second-order valence-corrected chi connectivity index (χ2v) is 5.02. The molecule has 18 heavy (non-hydrogen) atoms. The molecule has 98 valence electrons. The molecule has 0 bridgehead atoms. The van der Waals surface area contributed by atoms with Crippen LogP contribution in [0.2, 0.25) is 0 Å². The van der Waals surface area contributed by atoms with E-state index in [2.05, 4.69) is 12.1 Å². The molecule has 0 saturated heterocycles. The maximum Gasteiger partial charge on any atom is 0.227 e. The minimum atomic E-state index is -0.0192. The molecule has 1 aromatic carbocycles. The van der Waals surface area contributed by atoms with Crippen LogP contribution in [0.3, 0.4) is 0 Å². The first kappa shape index (κ1) is 13.1. The number of nitrogens with two attached hydrogens (primary N) is 1. The molecule has 0 radical (unpaired) electrons. The van der Waals surface area contributed by atoms with Gasteiger partial charge in [0.2, 0.25) is 5.91 Å². The van der Waals surface area contributed by atoms with Crippen LogP contribution in [0.5, 0.6) is 0 Å². The molecular formula is C15H22N2O. The predicted molar refractivity (Wildman–Crippen MR) is 72.8 cm³/mol. The first-order chi connectivity index (χ1) is 8.76. The Bertz CT molecular complexity index is 383. The second-order valence-electron chi connectivity index (χ2n) is 5.02. The molecule has 1 aliphatic rings. The van der Waals surface area contributed by atoms with E-state index in [9.17, 15) is 4.79 Å². The largest absolute Gasteiger partial charge is 0.335 e. The summed E-state index contributed by atoms with van der Waals surface area (Å²) in [5.74, 6) is 0.209. The van der Waals surface area contributed by atoms with E-state index in [-0.39, 0.29) is 11.8 Å². The molecule has 0 heterocycles. The van der Waals surface area contributed by atoms with Crippen LogP contribution in [0, 0.1) is 5.92 Å². The highest BCUT2D eigenvalue weighted by atomic mass is 16.2. The van der Waals surface area contributed by atoms with Crippen molar-refractivity contribution < 1.29 is 4.79 Å². The van der Waals surface area contributed by atoms with E-state index in [1.54, 1.807) is 0 Å². The van der Waals surface area contributed by atoms with Gasteiger partial charge < -0.3 is 10.6 Å². The third-order valence-electron chi connectivity index (χ3n) is 3.59. The van der Waals surface area contributed by atoms with E-state index in [0.717, 1.165) is 25.8 Å². The van der Waals surface area contributed by atoms with Crippen LogP contribution in [0.4, 0.5) is 0 Å². The van der Waals surface area contributed by atoms with Gasteiger partial charge in [-0.3, -0.25) is 4.79 Å². The first-order valence-electron chi connectivity index (χ1n) is 6.80. The number of hydrogen-bond acceptors (Lipinski definition) is 2. The van der Waals surface area contributed by atoms with Gasteiger partial charge in [-0.1, -0.05) is 37.3 Å². The molecule has 1 atom stereocenters. The van der Waals surface area contributed by atoms with Crippen molar-refractivity contribution in [1.82, 2.24) is 4.90 Å². The fourth-order valence-electron chi connectivity index (χ4n) is 2.23. The highest BCUT2D eigenvalue weighted by molar-refractivity contribution is 5.79. The summed E-state index contributed by atoms with van der Waals surface area (Å²) in [6, 6.07) is 10.6. The van der Waals surface area contributed by atoms with Crippen molar-refractivity contribution in [3.63, 3.8) is 0 Å². The molecule has 2 N–H and O–H groups in total. The maximum absolute atomic E-state index is 12.4. The van der Waals surface area contributed by atoms with Crippen LogP contribution >= 0.6 is 0 Å². The zero-order valence-electron chi connectivity index (χ0n) is 11.0. The Labute approximate surface area is 109 Å². The van der Waals surface area contributed by atoms with Crippen molar-refractivity contribution >= 4 is 5.91 Å². The Morgan fingerprint density at radius 1 is 1.39 bits per heavy atom. The summed E-state index contributed by atoms with van der Waals surface area (Å²) in [6.07, 6.45) is 3.10. The van der Waals surface area contributed by atoms with Crippen LogP contribution in [0.15, 0.2) is 30.3 Å². The van der Waals surface area contributed by atoms with E-state index >= 15 is 0 Å². The summed E-state index contributed by atoms with van der Waals surface area (Å²) in [6.45, 7) is 3.21. The van der Waals surface area contributed by atoms with E-state index in [1.807, 2.05) is 30.0 Å². The van der Waals surface area contributed by atoms with Crippen molar-refractivity contribution in [2.75, 3.05) is 6.54 Å². The lowest BCUT2D eigenvalue weighted by atomic mass is 10.0. The van der Waals surface area contributed by atoms with Crippen LogP contribution in [0.25, 0.3) is 0 Å². The first-order valence-corrected chi connectivity index (χ1v) is 6.80. The Morgan fingerprint density at radius 2 is 2.06 bits per heavy atom. The molecule has 1 fully saturated rings. The number of carbonyl (C=O) groups excluding carboxylic acids is 1. The van der Waals surface area contributed by atoms with E-state index in [4.69, 9.17) is 5.73 Å². The standard InChI is InChI=1S/C15H22N2O/c1-2-13(10-16)15(18)17(14-8-9-14)11-12-6-4-3-5-7-12/h3-7,13-14H,2,8-11,16H2,1H3. The Morgan fingerprint density at radius 3 is 2.56 bits per heavy atom. The van der Waals surface area contributed by atoms with Crippen molar-refractivity contribution in [3.05, 3.63) is 35.9 Å².